The van der Waals surface area contributed by atoms with Crippen LogP contribution in [0.15, 0.2) is 23.2 Å². The van der Waals surface area contributed by atoms with Crippen molar-refractivity contribution < 1.29 is 4.42 Å². The molecule has 0 radical (unpaired) electrons. The van der Waals surface area contributed by atoms with Gasteiger partial charge in [0.2, 0.25) is 6.39 Å². The molecule has 0 amide bonds. The Bertz CT molecular complexity index is 337. The lowest BCUT2D eigenvalue weighted by Gasteiger charge is -1.82. The highest BCUT2D eigenvalue weighted by Gasteiger charge is 2.03. The van der Waals surface area contributed by atoms with Gasteiger partial charge in [0.1, 0.15) is 0 Å². The van der Waals surface area contributed by atoms with Crippen molar-refractivity contribution in [3.05, 3.63) is 18.8 Å². The Hall–Kier alpha value is -1.65. The van der Waals surface area contributed by atoms with Crippen LogP contribution >= 0.6 is 0 Å². The van der Waals surface area contributed by atoms with Gasteiger partial charge in [0.05, 0.1) is 11.8 Å². The van der Waals surface area contributed by atoms with Gasteiger partial charge in [-0.3, -0.25) is 4.68 Å². The first-order valence-electron chi connectivity index (χ1n) is 3.11. The molecule has 0 saturated carbocycles. The Kier molecular flexibility index (Phi) is 1.21. The SMILES string of the molecule is Cn1cc(-c2nnco2)cn1. The molecule has 2 heterocycles. The van der Waals surface area contributed by atoms with E-state index in [9.17, 15) is 0 Å². The standard InChI is InChI=1S/C6H6N4O/c1-10-3-5(2-8-10)6-9-7-4-11-6/h2-4H,1H3. The number of aromatic nitrogens is 4. The molecule has 56 valence electrons. The average Bonchev–Trinajstić information content (AvgIpc) is 2.55. The first kappa shape index (κ1) is 6.09. The van der Waals surface area contributed by atoms with Crippen molar-refractivity contribution in [2.24, 2.45) is 7.05 Å². The molecular formula is C6H6N4O. The molecule has 0 aliphatic carbocycles. The van der Waals surface area contributed by atoms with Crippen LogP contribution in [0.3, 0.4) is 0 Å². The summed E-state index contributed by atoms with van der Waals surface area (Å²) in [5.41, 5.74) is 0.838. The van der Waals surface area contributed by atoms with E-state index in [0.29, 0.717) is 5.89 Å². The molecule has 0 unspecified atom stereocenters. The summed E-state index contributed by atoms with van der Waals surface area (Å²) in [4.78, 5) is 0. The number of hydrogen-bond acceptors (Lipinski definition) is 4. The van der Waals surface area contributed by atoms with Gasteiger partial charge in [0, 0.05) is 13.2 Å². The van der Waals surface area contributed by atoms with E-state index in [2.05, 4.69) is 15.3 Å². The summed E-state index contributed by atoms with van der Waals surface area (Å²) in [6.07, 6.45) is 4.78. The van der Waals surface area contributed by atoms with E-state index in [4.69, 9.17) is 4.42 Å². The Balaban J connectivity index is 2.45. The van der Waals surface area contributed by atoms with Gasteiger partial charge in [0.15, 0.2) is 0 Å². The fraction of sp³-hybridized carbons (Fsp3) is 0.167. The van der Waals surface area contributed by atoms with Crippen molar-refractivity contribution >= 4 is 0 Å². The second kappa shape index (κ2) is 2.19. The minimum Gasteiger partial charge on any atom is -0.423 e. The van der Waals surface area contributed by atoms with Gasteiger partial charge in [-0.1, -0.05) is 0 Å². The zero-order valence-corrected chi connectivity index (χ0v) is 5.93. The van der Waals surface area contributed by atoms with Crippen molar-refractivity contribution in [1.82, 2.24) is 20.0 Å². The second-order valence-corrected chi connectivity index (χ2v) is 2.15. The second-order valence-electron chi connectivity index (χ2n) is 2.15. The topological polar surface area (TPSA) is 56.7 Å². The highest BCUT2D eigenvalue weighted by molar-refractivity contribution is 5.48. The third-order valence-electron chi connectivity index (χ3n) is 1.31. The maximum Gasteiger partial charge on any atom is 0.250 e. The largest absolute Gasteiger partial charge is 0.423 e. The minimum absolute atomic E-state index is 0.498. The van der Waals surface area contributed by atoms with E-state index in [1.807, 2.05) is 13.2 Å². The van der Waals surface area contributed by atoms with Crippen LogP contribution < -0.4 is 0 Å². The van der Waals surface area contributed by atoms with Crippen molar-refractivity contribution in [1.29, 1.82) is 0 Å². The molecule has 0 fully saturated rings. The molecule has 2 aromatic heterocycles. The quantitative estimate of drug-likeness (QED) is 0.593. The first-order valence-corrected chi connectivity index (χ1v) is 3.11. The predicted octanol–water partition coefficient (Wildman–Crippen LogP) is 0.470. The summed E-state index contributed by atoms with van der Waals surface area (Å²) in [5.74, 6) is 0.498. The lowest BCUT2D eigenvalue weighted by Crippen LogP contribution is -1.84. The monoisotopic (exact) mass is 150 g/mol. The summed E-state index contributed by atoms with van der Waals surface area (Å²) in [6, 6.07) is 0. The number of rotatable bonds is 1. The fourth-order valence-corrected chi connectivity index (χ4v) is 0.831. The molecule has 0 saturated heterocycles. The molecule has 0 atom stereocenters. The maximum absolute atomic E-state index is 4.96. The summed E-state index contributed by atoms with van der Waals surface area (Å²) < 4.78 is 6.64. The van der Waals surface area contributed by atoms with Gasteiger partial charge in [-0.15, -0.1) is 10.2 Å². The van der Waals surface area contributed by atoms with Crippen LogP contribution in [0.5, 0.6) is 0 Å². The van der Waals surface area contributed by atoms with Gasteiger partial charge in [0.25, 0.3) is 5.89 Å². The molecule has 5 heteroatoms. The lowest BCUT2D eigenvalue weighted by molar-refractivity contribution is 0.568. The number of hydrogen-bond donors (Lipinski definition) is 0. The molecular weight excluding hydrogens is 144 g/mol. The van der Waals surface area contributed by atoms with E-state index in [0.717, 1.165) is 5.56 Å². The van der Waals surface area contributed by atoms with Crippen LogP contribution in [0.25, 0.3) is 11.5 Å². The van der Waals surface area contributed by atoms with E-state index in [-0.39, 0.29) is 0 Å². The van der Waals surface area contributed by atoms with Gasteiger partial charge < -0.3 is 4.42 Å². The molecule has 0 spiro atoms. The van der Waals surface area contributed by atoms with Crippen LogP contribution in [0, 0.1) is 0 Å². The third kappa shape index (κ3) is 1.000. The van der Waals surface area contributed by atoms with Crippen molar-refractivity contribution in [2.75, 3.05) is 0 Å². The smallest absolute Gasteiger partial charge is 0.250 e. The first-order chi connectivity index (χ1) is 5.36. The van der Waals surface area contributed by atoms with Crippen LogP contribution in [0.1, 0.15) is 0 Å². The number of aryl methyl sites for hydroxylation is 1. The summed E-state index contributed by atoms with van der Waals surface area (Å²) in [6.45, 7) is 0. The molecule has 0 aliphatic rings. The Morgan fingerprint density at radius 1 is 1.55 bits per heavy atom. The molecule has 2 rings (SSSR count). The van der Waals surface area contributed by atoms with Crippen molar-refractivity contribution in [3.63, 3.8) is 0 Å². The Morgan fingerprint density at radius 3 is 3.00 bits per heavy atom. The number of nitrogens with zero attached hydrogens (tertiary/aromatic N) is 4. The van der Waals surface area contributed by atoms with Crippen molar-refractivity contribution in [2.45, 2.75) is 0 Å². The average molecular weight is 150 g/mol. The van der Waals surface area contributed by atoms with E-state index >= 15 is 0 Å². The van der Waals surface area contributed by atoms with Gasteiger partial charge in [-0.2, -0.15) is 5.10 Å². The molecule has 11 heavy (non-hydrogen) atoms. The maximum atomic E-state index is 4.96. The van der Waals surface area contributed by atoms with E-state index in [1.54, 1.807) is 10.9 Å². The van der Waals surface area contributed by atoms with Crippen LogP contribution in [-0.4, -0.2) is 20.0 Å². The molecule has 0 aliphatic heterocycles. The highest BCUT2D eigenvalue weighted by atomic mass is 16.4. The Morgan fingerprint density at radius 2 is 2.45 bits per heavy atom. The molecule has 0 bridgehead atoms. The highest BCUT2D eigenvalue weighted by Crippen LogP contribution is 2.13. The van der Waals surface area contributed by atoms with E-state index < -0.39 is 0 Å². The fourth-order valence-electron chi connectivity index (χ4n) is 0.831. The third-order valence-corrected chi connectivity index (χ3v) is 1.31. The predicted molar refractivity (Wildman–Crippen MR) is 36.5 cm³/mol. The normalized spacial score (nSPS) is 10.3. The van der Waals surface area contributed by atoms with E-state index in [1.165, 1.54) is 6.39 Å². The lowest BCUT2D eigenvalue weighted by atomic mass is 10.4. The van der Waals surface area contributed by atoms with Crippen LogP contribution in [0.2, 0.25) is 0 Å². The summed E-state index contributed by atoms with van der Waals surface area (Å²) in [5, 5.41) is 11.2. The van der Waals surface area contributed by atoms with Crippen LogP contribution in [0.4, 0.5) is 0 Å². The molecule has 2 aromatic rings. The Labute approximate surface area is 62.7 Å². The van der Waals surface area contributed by atoms with Gasteiger partial charge >= 0.3 is 0 Å². The zero-order chi connectivity index (χ0) is 7.68. The van der Waals surface area contributed by atoms with Gasteiger partial charge in [-0.25, -0.2) is 0 Å². The molecule has 0 aromatic carbocycles. The molecule has 0 N–H and O–H groups in total. The van der Waals surface area contributed by atoms with Crippen molar-refractivity contribution in [3.8, 4) is 11.5 Å². The summed E-state index contributed by atoms with van der Waals surface area (Å²) in [7, 11) is 1.83. The van der Waals surface area contributed by atoms with Crippen LogP contribution in [-0.2, 0) is 7.05 Å². The minimum atomic E-state index is 0.498. The van der Waals surface area contributed by atoms with Gasteiger partial charge in [-0.05, 0) is 0 Å². The zero-order valence-electron chi connectivity index (χ0n) is 5.93. The summed E-state index contributed by atoms with van der Waals surface area (Å²) >= 11 is 0. The molecule has 5 nitrogen and oxygen atoms in total.